The number of amides is 1. The molecule has 1 amide bonds. The van der Waals surface area contributed by atoms with Crippen LogP contribution in [-0.2, 0) is 4.79 Å². The van der Waals surface area contributed by atoms with Crippen LogP contribution < -0.4 is 0 Å². The van der Waals surface area contributed by atoms with Crippen molar-refractivity contribution in [2.75, 3.05) is 12.3 Å². The van der Waals surface area contributed by atoms with Gasteiger partial charge in [-0.1, -0.05) is 11.8 Å². The summed E-state index contributed by atoms with van der Waals surface area (Å²) in [5.41, 5.74) is 2.39. The first kappa shape index (κ1) is 15.8. The van der Waals surface area contributed by atoms with E-state index in [1.165, 1.54) is 18.2 Å². The van der Waals surface area contributed by atoms with E-state index < -0.39 is 0 Å². The SMILES string of the molecule is Cc1cc(C)c(C#N)c(SCC(=O)N2CCCC[C@@H]2C)n1. The van der Waals surface area contributed by atoms with Gasteiger partial charge in [-0.25, -0.2) is 4.98 Å². The van der Waals surface area contributed by atoms with Crippen LogP contribution in [0.4, 0.5) is 0 Å². The number of likely N-dealkylation sites (tertiary alicyclic amines) is 1. The maximum atomic E-state index is 12.3. The van der Waals surface area contributed by atoms with Gasteiger partial charge in [0.1, 0.15) is 11.1 Å². The third kappa shape index (κ3) is 3.76. The van der Waals surface area contributed by atoms with E-state index in [-0.39, 0.29) is 5.91 Å². The summed E-state index contributed by atoms with van der Waals surface area (Å²) in [6.45, 7) is 6.78. The molecule has 21 heavy (non-hydrogen) atoms. The van der Waals surface area contributed by atoms with E-state index in [0.717, 1.165) is 30.6 Å². The minimum atomic E-state index is 0.150. The minimum Gasteiger partial charge on any atom is -0.339 e. The van der Waals surface area contributed by atoms with Crippen molar-refractivity contribution in [2.24, 2.45) is 0 Å². The summed E-state index contributed by atoms with van der Waals surface area (Å²) in [7, 11) is 0. The molecule has 0 bridgehead atoms. The minimum absolute atomic E-state index is 0.150. The van der Waals surface area contributed by atoms with E-state index in [2.05, 4.69) is 18.0 Å². The van der Waals surface area contributed by atoms with Crippen molar-refractivity contribution < 1.29 is 4.79 Å². The van der Waals surface area contributed by atoms with E-state index >= 15 is 0 Å². The molecule has 1 saturated heterocycles. The van der Waals surface area contributed by atoms with Crippen LogP contribution in [0.3, 0.4) is 0 Å². The lowest BCUT2D eigenvalue weighted by atomic mass is 10.0. The Labute approximate surface area is 130 Å². The molecule has 0 saturated carbocycles. The second kappa shape index (κ2) is 6.95. The summed E-state index contributed by atoms with van der Waals surface area (Å²) >= 11 is 1.38. The molecule has 0 aliphatic carbocycles. The van der Waals surface area contributed by atoms with Crippen molar-refractivity contribution in [3.8, 4) is 6.07 Å². The molecule has 0 unspecified atom stereocenters. The number of hydrogen-bond donors (Lipinski definition) is 0. The summed E-state index contributed by atoms with van der Waals surface area (Å²) in [6, 6.07) is 4.42. The Morgan fingerprint density at radius 1 is 1.52 bits per heavy atom. The zero-order chi connectivity index (χ0) is 15.4. The van der Waals surface area contributed by atoms with Crippen LogP contribution in [0.25, 0.3) is 0 Å². The predicted octanol–water partition coefficient (Wildman–Crippen LogP) is 3.06. The fourth-order valence-corrected chi connectivity index (χ4v) is 3.71. The first-order valence-electron chi connectivity index (χ1n) is 7.33. The molecule has 0 N–H and O–H groups in total. The molecule has 1 aliphatic rings. The normalized spacial score (nSPS) is 18.4. The molecule has 2 heterocycles. The van der Waals surface area contributed by atoms with Gasteiger partial charge in [-0.15, -0.1) is 0 Å². The first-order chi connectivity index (χ1) is 10.0. The number of hydrogen-bond acceptors (Lipinski definition) is 4. The Morgan fingerprint density at radius 2 is 2.29 bits per heavy atom. The highest BCUT2D eigenvalue weighted by atomic mass is 32.2. The Balaban J connectivity index is 2.06. The van der Waals surface area contributed by atoms with Crippen molar-refractivity contribution in [3.63, 3.8) is 0 Å². The molecular formula is C16H21N3OS. The number of nitriles is 1. The van der Waals surface area contributed by atoms with Crippen LogP contribution in [0.15, 0.2) is 11.1 Å². The number of piperidine rings is 1. The third-order valence-electron chi connectivity index (χ3n) is 3.88. The molecular weight excluding hydrogens is 282 g/mol. The lowest BCUT2D eigenvalue weighted by Crippen LogP contribution is -2.42. The Kier molecular flexibility index (Phi) is 5.24. The molecule has 1 aromatic heterocycles. The van der Waals surface area contributed by atoms with Gasteiger partial charge in [0.05, 0.1) is 11.3 Å². The number of nitrogens with zero attached hydrogens (tertiary/aromatic N) is 3. The predicted molar refractivity (Wildman–Crippen MR) is 84.2 cm³/mol. The van der Waals surface area contributed by atoms with Crippen molar-refractivity contribution in [3.05, 3.63) is 22.9 Å². The summed E-state index contributed by atoms with van der Waals surface area (Å²) in [6.07, 6.45) is 3.38. The number of rotatable bonds is 3. The zero-order valence-electron chi connectivity index (χ0n) is 12.8. The van der Waals surface area contributed by atoms with Gasteiger partial charge in [0, 0.05) is 18.3 Å². The van der Waals surface area contributed by atoms with Gasteiger partial charge in [0.25, 0.3) is 0 Å². The van der Waals surface area contributed by atoms with Crippen LogP contribution in [0.1, 0.15) is 43.0 Å². The van der Waals surface area contributed by atoms with E-state index in [4.69, 9.17) is 0 Å². The van der Waals surface area contributed by atoms with Crippen molar-refractivity contribution >= 4 is 17.7 Å². The van der Waals surface area contributed by atoms with E-state index in [1.54, 1.807) is 0 Å². The second-order valence-corrected chi connectivity index (χ2v) is 6.56. The van der Waals surface area contributed by atoms with Gasteiger partial charge < -0.3 is 4.90 Å². The monoisotopic (exact) mass is 303 g/mol. The molecule has 1 atom stereocenters. The quantitative estimate of drug-likeness (QED) is 0.805. The second-order valence-electron chi connectivity index (χ2n) is 5.59. The molecule has 0 aromatic carbocycles. The fourth-order valence-electron chi connectivity index (χ4n) is 2.72. The Bertz CT molecular complexity index is 580. The molecule has 4 nitrogen and oxygen atoms in total. The molecule has 1 aromatic rings. The van der Waals surface area contributed by atoms with Crippen LogP contribution >= 0.6 is 11.8 Å². The number of thioether (sulfide) groups is 1. The molecule has 0 spiro atoms. The standard InChI is InChI=1S/C16H21N3OS/c1-11-8-12(2)18-16(14(11)9-17)21-10-15(20)19-7-5-4-6-13(19)3/h8,13H,4-7,10H2,1-3H3/t13-/m0/s1. The lowest BCUT2D eigenvalue weighted by molar-refractivity contribution is -0.131. The number of carbonyl (C=O) groups excluding carboxylic acids is 1. The largest absolute Gasteiger partial charge is 0.339 e. The maximum Gasteiger partial charge on any atom is 0.233 e. The van der Waals surface area contributed by atoms with Gasteiger partial charge in [0.2, 0.25) is 5.91 Å². The van der Waals surface area contributed by atoms with Gasteiger partial charge in [-0.2, -0.15) is 5.26 Å². The topological polar surface area (TPSA) is 57.0 Å². The zero-order valence-corrected chi connectivity index (χ0v) is 13.7. The highest BCUT2D eigenvalue weighted by Gasteiger charge is 2.23. The summed E-state index contributed by atoms with van der Waals surface area (Å²) in [5, 5.41) is 9.92. The summed E-state index contributed by atoms with van der Waals surface area (Å²) in [5.74, 6) is 0.506. The van der Waals surface area contributed by atoms with E-state index in [0.29, 0.717) is 22.4 Å². The van der Waals surface area contributed by atoms with Crippen LogP contribution in [0.5, 0.6) is 0 Å². The van der Waals surface area contributed by atoms with Gasteiger partial charge in [-0.3, -0.25) is 4.79 Å². The molecule has 1 aliphatic heterocycles. The van der Waals surface area contributed by atoms with Gasteiger partial charge in [0.15, 0.2) is 0 Å². The number of pyridine rings is 1. The summed E-state index contributed by atoms with van der Waals surface area (Å²) < 4.78 is 0. The van der Waals surface area contributed by atoms with Crippen LogP contribution in [0, 0.1) is 25.2 Å². The van der Waals surface area contributed by atoms with E-state index in [1.807, 2.05) is 24.8 Å². The number of aryl methyl sites for hydroxylation is 2. The lowest BCUT2D eigenvalue weighted by Gasteiger charge is -2.33. The molecule has 5 heteroatoms. The third-order valence-corrected chi connectivity index (χ3v) is 4.84. The number of aromatic nitrogens is 1. The van der Waals surface area contributed by atoms with Crippen LogP contribution in [0.2, 0.25) is 0 Å². The average Bonchev–Trinajstić information content (AvgIpc) is 2.44. The number of carbonyl (C=O) groups is 1. The molecule has 2 rings (SSSR count). The highest BCUT2D eigenvalue weighted by Crippen LogP contribution is 2.25. The fraction of sp³-hybridized carbons (Fsp3) is 0.562. The van der Waals surface area contributed by atoms with Gasteiger partial charge in [-0.05, 0) is 51.7 Å². The summed E-state index contributed by atoms with van der Waals surface area (Å²) in [4.78, 5) is 18.7. The molecule has 112 valence electrons. The first-order valence-corrected chi connectivity index (χ1v) is 8.32. The van der Waals surface area contributed by atoms with Crippen molar-refractivity contribution in [1.82, 2.24) is 9.88 Å². The smallest absolute Gasteiger partial charge is 0.233 e. The van der Waals surface area contributed by atoms with Gasteiger partial charge >= 0.3 is 0 Å². The Hall–Kier alpha value is -1.54. The highest BCUT2D eigenvalue weighted by molar-refractivity contribution is 8.00. The molecule has 0 radical (unpaired) electrons. The molecule has 1 fully saturated rings. The van der Waals surface area contributed by atoms with Crippen molar-refractivity contribution in [2.45, 2.75) is 51.1 Å². The maximum absolute atomic E-state index is 12.3. The van der Waals surface area contributed by atoms with Crippen LogP contribution in [-0.4, -0.2) is 34.1 Å². The average molecular weight is 303 g/mol. The van der Waals surface area contributed by atoms with Crippen molar-refractivity contribution in [1.29, 1.82) is 5.26 Å². The Morgan fingerprint density at radius 3 is 2.95 bits per heavy atom. The van der Waals surface area contributed by atoms with E-state index in [9.17, 15) is 10.1 Å².